The molecule has 1 saturated heterocycles. The molecule has 1 fully saturated rings. The predicted octanol–water partition coefficient (Wildman–Crippen LogP) is 2.83. The van der Waals surface area contributed by atoms with Crippen LogP contribution in [0.25, 0.3) is 0 Å². The van der Waals surface area contributed by atoms with Crippen LogP contribution in [0.5, 0.6) is 0 Å². The Bertz CT molecular complexity index is 858. The third-order valence-corrected chi connectivity index (χ3v) is 6.59. The van der Waals surface area contributed by atoms with Gasteiger partial charge in [0.05, 0.1) is 16.2 Å². The Hall–Kier alpha value is -2.34. The summed E-state index contributed by atoms with van der Waals surface area (Å²) < 4.78 is 25.0. The molecule has 0 N–H and O–H groups in total. The summed E-state index contributed by atoms with van der Waals surface area (Å²) in [5, 5.41) is 0. The first kappa shape index (κ1) is 18.5. The summed E-state index contributed by atoms with van der Waals surface area (Å²) in [6.45, 7) is 4.45. The molecule has 0 aliphatic carbocycles. The SMILES string of the molecule is CCCS(=O)(=O)c1ccccc1C(=O)N1CCN(c2ccccc2)CC1. The number of benzene rings is 2. The summed E-state index contributed by atoms with van der Waals surface area (Å²) >= 11 is 0. The second-order valence-corrected chi connectivity index (χ2v) is 8.51. The van der Waals surface area contributed by atoms with E-state index in [4.69, 9.17) is 0 Å². The zero-order chi connectivity index (χ0) is 18.6. The molecule has 5 nitrogen and oxygen atoms in total. The minimum Gasteiger partial charge on any atom is -0.368 e. The van der Waals surface area contributed by atoms with Crippen LogP contribution in [0.1, 0.15) is 23.7 Å². The Kier molecular flexibility index (Phi) is 5.61. The summed E-state index contributed by atoms with van der Waals surface area (Å²) in [5.41, 5.74) is 1.43. The quantitative estimate of drug-likeness (QED) is 0.810. The summed E-state index contributed by atoms with van der Waals surface area (Å²) in [6, 6.07) is 16.7. The highest BCUT2D eigenvalue weighted by Gasteiger charge is 2.27. The molecule has 2 aromatic carbocycles. The van der Waals surface area contributed by atoms with Crippen molar-refractivity contribution in [3.8, 4) is 0 Å². The molecule has 0 bridgehead atoms. The Morgan fingerprint density at radius 1 is 0.923 bits per heavy atom. The van der Waals surface area contributed by atoms with Gasteiger partial charge in [-0.05, 0) is 30.7 Å². The van der Waals surface area contributed by atoms with Crippen LogP contribution in [0, 0.1) is 0 Å². The number of para-hydroxylation sites is 1. The van der Waals surface area contributed by atoms with Crippen molar-refractivity contribution < 1.29 is 13.2 Å². The predicted molar refractivity (Wildman–Crippen MR) is 103 cm³/mol. The lowest BCUT2D eigenvalue weighted by molar-refractivity contribution is 0.0743. The van der Waals surface area contributed by atoms with Crippen LogP contribution in [0.4, 0.5) is 5.69 Å². The van der Waals surface area contributed by atoms with Crippen LogP contribution in [0.3, 0.4) is 0 Å². The van der Waals surface area contributed by atoms with Crippen LogP contribution < -0.4 is 4.90 Å². The molecular weight excluding hydrogens is 348 g/mol. The molecule has 0 saturated carbocycles. The van der Waals surface area contributed by atoms with E-state index in [1.54, 1.807) is 29.2 Å². The fourth-order valence-electron chi connectivity index (χ4n) is 3.27. The molecule has 0 unspecified atom stereocenters. The molecule has 0 radical (unpaired) electrons. The van der Waals surface area contributed by atoms with Gasteiger partial charge in [-0.25, -0.2) is 8.42 Å². The number of anilines is 1. The van der Waals surface area contributed by atoms with Crippen molar-refractivity contribution in [1.29, 1.82) is 0 Å². The third-order valence-electron chi connectivity index (χ3n) is 4.61. The summed E-state index contributed by atoms with van der Waals surface area (Å²) in [6.07, 6.45) is 0.528. The average Bonchev–Trinajstić information content (AvgIpc) is 2.68. The van der Waals surface area contributed by atoms with Gasteiger partial charge >= 0.3 is 0 Å². The Labute approximate surface area is 155 Å². The number of sulfone groups is 1. The van der Waals surface area contributed by atoms with Gasteiger partial charge in [0.2, 0.25) is 0 Å². The molecule has 26 heavy (non-hydrogen) atoms. The van der Waals surface area contributed by atoms with Gasteiger partial charge < -0.3 is 9.80 Å². The number of nitrogens with zero attached hydrogens (tertiary/aromatic N) is 2. The molecule has 0 spiro atoms. The Morgan fingerprint density at radius 3 is 2.19 bits per heavy atom. The van der Waals surface area contributed by atoms with Gasteiger partial charge in [0.15, 0.2) is 9.84 Å². The highest BCUT2D eigenvalue weighted by atomic mass is 32.2. The highest BCUT2D eigenvalue weighted by Crippen LogP contribution is 2.21. The lowest BCUT2D eigenvalue weighted by atomic mass is 10.1. The Balaban J connectivity index is 1.76. The minimum absolute atomic E-state index is 0.0546. The monoisotopic (exact) mass is 372 g/mol. The Morgan fingerprint density at radius 2 is 1.54 bits per heavy atom. The second-order valence-electron chi connectivity index (χ2n) is 6.43. The van der Waals surface area contributed by atoms with Crippen molar-refractivity contribution in [2.24, 2.45) is 0 Å². The van der Waals surface area contributed by atoms with Gasteiger partial charge in [-0.1, -0.05) is 37.3 Å². The number of piperazine rings is 1. The first-order valence-electron chi connectivity index (χ1n) is 8.94. The van der Waals surface area contributed by atoms with Crippen LogP contribution in [0.15, 0.2) is 59.5 Å². The van der Waals surface area contributed by atoms with Gasteiger partial charge in [0.25, 0.3) is 5.91 Å². The molecule has 138 valence electrons. The normalized spacial score (nSPS) is 15.1. The molecule has 0 aromatic heterocycles. The summed E-state index contributed by atoms with van der Waals surface area (Å²) in [5.74, 6) is -0.146. The molecule has 1 aliphatic rings. The van der Waals surface area contributed by atoms with Crippen LogP contribution in [0.2, 0.25) is 0 Å². The standard InChI is InChI=1S/C20H24N2O3S/c1-2-16-26(24,25)19-11-7-6-10-18(19)20(23)22-14-12-21(13-15-22)17-8-4-3-5-9-17/h3-11H,2,12-16H2,1H3. The van der Waals surface area contributed by atoms with E-state index in [1.165, 1.54) is 0 Å². The molecule has 1 amide bonds. The minimum atomic E-state index is -3.44. The van der Waals surface area contributed by atoms with Crippen molar-refractivity contribution in [2.75, 3.05) is 36.8 Å². The van der Waals surface area contributed by atoms with Gasteiger partial charge in [-0.3, -0.25) is 4.79 Å². The number of carbonyl (C=O) groups excluding carboxylic acids is 1. The fraction of sp³-hybridized carbons (Fsp3) is 0.350. The molecule has 1 heterocycles. The van der Waals surface area contributed by atoms with Crippen molar-refractivity contribution in [3.63, 3.8) is 0 Å². The first-order chi connectivity index (χ1) is 12.5. The fourth-order valence-corrected chi connectivity index (χ4v) is 4.80. The maximum absolute atomic E-state index is 13.0. The van der Waals surface area contributed by atoms with Crippen molar-refractivity contribution >= 4 is 21.4 Å². The molecule has 6 heteroatoms. The smallest absolute Gasteiger partial charge is 0.255 e. The lowest BCUT2D eigenvalue weighted by Gasteiger charge is -2.36. The highest BCUT2D eigenvalue weighted by molar-refractivity contribution is 7.91. The van der Waals surface area contributed by atoms with Crippen molar-refractivity contribution in [1.82, 2.24) is 4.90 Å². The lowest BCUT2D eigenvalue weighted by Crippen LogP contribution is -2.49. The van der Waals surface area contributed by atoms with E-state index in [9.17, 15) is 13.2 Å². The van der Waals surface area contributed by atoms with Crippen molar-refractivity contribution in [3.05, 3.63) is 60.2 Å². The van der Waals surface area contributed by atoms with E-state index in [0.717, 1.165) is 18.8 Å². The van der Waals surface area contributed by atoms with Crippen LogP contribution in [-0.4, -0.2) is 51.2 Å². The molecule has 2 aromatic rings. The van der Waals surface area contributed by atoms with Gasteiger partial charge in [0, 0.05) is 31.9 Å². The number of hydrogen-bond donors (Lipinski definition) is 0. The molecule has 3 rings (SSSR count). The zero-order valence-electron chi connectivity index (χ0n) is 15.0. The maximum Gasteiger partial charge on any atom is 0.255 e. The number of carbonyl (C=O) groups is 1. The van der Waals surface area contributed by atoms with E-state index in [2.05, 4.69) is 17.0 Å². The van der Waals surface area contributed by atoms with Gasteiger partial charge in [-0.15, -0.1) is 0 Å². The molecular formula is C20H24N2O3S. The summed E-state index contributed by atoms with van der Waals surface area (Å²) in [7, 11) is -3.44. The number of hydrogen-bond acceptors (Lipinski definition) is 4. The number of amides is 1. The van der Waals surface area contributed by atoms with E-state index >= 15 is 0 Å². The second kappa shape index (κ2) is 7.91. The maximum atomic E-state index is 13.0. The number of rotatable bonds is 5. The zero-order valence-corrected chi connectivity index (χ0v) is 15.8. The van der Waals surface area contributed by atoms with E-state index in [-0.39, 0.29) is 22.1 Å². The topological polar surface area (TPSA) is 57.7 Å². The first-order valence-corrected chi connectivity index (χ1v) is 10.6. The van der Waals surface area contributed by atoms with Crippen molar-refractivity contribution in [2.45, 2.75) is 18.2 Å². The van der Waals surface area contributed by atoms with Gasteiger partial charge in [0.1, 0.15) is 0 Å². The van der Waals surface area contributed by atoms with E-state index < -0.39 is 9.84 Å². The van der Waals surface area contributed by atoms with Gasteiger partial charge in [-0.2, -0.15) is 0 Å². The average molecular weight is 372 g/mol. The largest absolute Gasteiger partial charge is 0.368 e. The molecule has 1 aliphatic heterocycles. The van der Waals surface area contributed by atoms with E-state index in [0.29, 0.717) is 19.5 Å². The third kappa shape index (κ3) is 3.90. The van der Waals surface area contributed by atoms with Crippen LogP contribution in [-0.2, 0) is 9.84 Å². The van der Waals surface area contributed by atoms with Crippen LogP contribution >= 0.6 is 0 Å². The molecule has 0 atom stereocenters. The summed E-state index contributed by atoms with van der Waals surface area (Å²) in [4.78, 5) is 17.1. The van der Waals surface area contributed by atoms with E-state index in [1.807, 2.05) is 25.1 Å².